The molecule has 3 aromatic heterocycles. The van der Waals surface area contributed by atoms with Gasteiger partial charge in [0.1, 0.15) is 28.9 Å². The number of carbonyl (C=O) groups is 2. The van der Waals surface area contributed by atoms with E-state index in [1.807, 2.05) is 0 Å². The number of nitrogens with one attached hydrogen (secondary N) is 2. The van der Waals surface area contributed by atoms with Crippen molar-refractivity contribution in [2.45, 2.75) is 70.7 Å². The highest BCUT2D eigenvalue weighted by Gasteiger charge is 2.30. The van der Waals surface area contributed by atoms with Crippen LogP contribution < -0.4 is 15.4 Å². The molecule has 1 fully saturated rings. The van der Waals surface area contributed by atoms with Crippen LogP contribution in [0, 0.1) is 5.82 Å². The van der Waals surface area contributed by atoms with E-state index in [-0.39, 0.29) is 29.2 Å². The number of alkyl carbamates (subject to hydrolysis) is 1. The molecule has 36 heavy (non-hydrogen) atoms. The Morgan fingerprint density at radius 2 is 2.06 bits per heavy atom. The number of carboxylic acid groups (broad SMARTS) is 1. The van der Waals surface area contributed by atoms with Crippen molar-refractivity contribution >= 4 is 23.5 Å². The average Bonchev–Trinajstić information content (AvgIpc) is 3.40. The van der Waals surface area contributed by atoms with Gasteiger partial charge in [-0.3, -0.25) is 0 Å². The molecule has 4 rings (SSSR count). The fourth-order valence-electron chi connectivity index (χ4n) is 4.06. The Kier molecular flexibility index (Phi) is 6.95. The van der Waals surface area contributed by atoms with Gasteiger partial charge in [0.15, 0.2) is 5.65 Å². The summed E-state index contributed by atoms with van der Waals surface area (Å²) in [6, 6.07) is 2.41. The van der Waals surface area contributed by atoms with E-state index in [9.17, 15) is 19.1 Å². The number of rotatable bonds is 7. The van der Waals surface area contributed by atoms with Gasteiger partial charge in [-0.1, -0.05) is 0 Å². The van der Waals surface area contributed by atoms with Gasteiger partial charge >= 0.3 is 12.1 Å². The minimum atomic E-state index is -1.14. The summed E-state index contributed by atoms with van der Waals surface area (Å²) >= 11 is 0. The lowest BCUT2D eigenvalue weighted by Crippen LogP contribution is -2.38. The fraction of sp³-hybridized carbons (Fsp3) is 0.458. The maximum atomic E-state index is 14.1. The van der Waals surface area contributed by atoms with E-state index in [4.69, 9.17) is 9.47 Å². The van der Waals surface area contributed by atoms with Crippen molar-refractivity contribution in [2.75, 3.05) is 5.32 Å². The van der Waals surface area contributed by atoms with Gasteiger partial charge < -0.3 is 25.2 Å². The summed E-state index contributed by atoms with van der Waals surface area (Å²) in [4.78, 5) is 32.0. The highest BCUT2D eigenvalue weighted by Crippen LogP contribution is 2.31. The van der Waals surface area contributed by atoms with Crippen molar-refractivity contribution in [1.29, 1.82) is 0 Å². The summed E-state index contributed by atoms with van der Waals surface area (Å²) < 4.78 is 26.9. The van der Waals surface area contributed by atoms with Crippen LogP contribution in [0.25, 0.3) is 5.65 Å². The number of hydrogen-bond acceptors (Lipinski definition) is 8. The third kappa shape index (κ3) is 5.99. The zero-order chi connectivity index (χ0) is 26.0. The number of nitrogens with zero attached hydrogens (tertiary/aromatic N) is 4. The van der Waals surface area contributed by atoms with Crippen LogP contribution in [0.3, 0.4) is 0 Å². The van der Waals surface area contributed by atoms with Gasteiger partial charge in [-0.25, -0.2) is 28.5 Å². The second-order valence-electron chi connectivity index (χ2n) is 9.75. The van der Waals surface area contributed by atoms with Crippen LogP contribution in [0.4, 0.5) is 15.0 Å². The van der Waals surface area contributed by atoms with Crippen LogP contribution >= 0.6 is 0 Å². The number of hydrogen-bond donors (Lipinski definition) is 3. The summed E-state index contributed by atoms with van der Waals surface area (Å²) in [6.45, 7) is 7.21. The van der Waals surface area contributed by atoms with E-state index >= 15 is 0 Å². The number of carbonyl (C=O) groups excluding carboxylic acids is 1. The average molecular weight is 501 g/mol. The zero-order valence-electron chi connectivity index (χ0n) is 20.5. The normalized spacial score (nSPS) is 18.6. The Labute approximate surface area is 207 Å². The maximum absolute atomic E-state index is 14.1. The second-order valence-corrected chi connectivity index (χ2v) is 9.75. The molecule has 3 aromatic rings. The molecule has 11 nitrogen and oxygen atoms in total. The molecule has 0 unspecified atom stereocenters. The predicted molar refractivity (Wildman–Crippen MR) is 128 cm³/mol. The van der Waals surface area contributed by atoms with Crippen LogP contribution in [0.5, 0.6) is 5.88 Å². The van der Waals surface area contributed by atoms with Crippen molar-refractivity contribution < 1.29 is 28.6 Å². The molecule has 1 aliphatic rings. The first-order chi connectivity index (χ1) is 17.0. The largest absolute Gasteiger partial charge is 0.477 e. The lowest BCUT2D eigenvalue weighted by atomic mass is 10.1. The summed E-state index contributed by atoms with van der Waals surface area (Å²) in [5, 5.41) is 19.3. The SMILES string of the molecule is C[C@@H](Nc1ccn2ncc(C(=O)O)c2n1)c1cc(F)cnc1O[C@@H]1CC[C@@H](NC(=O)OC(C)(C)C)C1. The molecule has 0 spiro atoms. The molecule has 3 N–H and O–H groups in total. The summed E-state index contributed by atoms with van der Waals surface area (Å²) in [5.41, 5.74) is 0.0510. The molecule has 3 atom stereocenters. The van der Waals surface area contributed by atoms with Crippen LogP contribution in [-0.2, 0) is 4.74 Å². The quantitative estimate of drug-likeness (QED) is 0.440. The molecule has 0 saturated heterocycles. The fourth-order valence-corrected chi connectivity index (χ4v) is 4.06. The topological polar surface area (TPSA) is 140 Å². The summed E-state index contributed by atoms with van der Waals surface area (Å²) in [6.07, 6.45) is 5.19. The Bertz CT molecular complexity index is 1270. The van der Waals surface area contributed by atoms with Gasteiger partial charge in [0.25, 0.3) is 0 Å². The van der Waals surface area contributed by atoms with E-state index < -0.39 is 29.5 Å². The highest BCUT2D eigenvalue weighted by molar-refractivity contribution is 5.94. The molecule has 1 amide bonds. The van der Waals surface area contributed by atoms with E-state index in [0.29, 0.717) is 24.2 Å². The lowest BCUT2D eigenvalue weighted by Gasteiger charge is -2.22. The maximum Gasteiger partial charge on any atom is 0.407 e. The first-order valence-corrected chi connectivity index (χ1v) is 11.6. The Balaban J connectivity index is 1.45. The second kappa shape index (κ2) is 9.96. The van der Waals surface area contributed by atoms with Gasteiger partial charge in [0.05, 0.1) is 18.4 Å². The first kappa shape index (κ1) is 25.1. The Hall–Kier alpha value is -3.96. The molecular formula is C24H29FN6O5. The standard InChI is InChI=1S/C24H29FN6O5/c1-13(28-19-7-8-31-20(30-19)18(12-27-31)22(32)33)17-9-14(25)11-26-21(17)35-16-6-5-15(10-16)29-23(34)36-24(2,3)4/h7-9,11-13,15-16H,5-6,10H2,1-4H3,(H,28,30)(H,29,34)(H,32,33)/t13-,15-,16-/m1/s1. The number of aromatic nitrogens is 4. The van der Waals surface area contributed by atoms with Crippen molar-refractivity contribution in [2.24, 2.45) is 0 Å². The number of aromatic carboxylic acids is 1. The number of fused-ring (bicyclic) bond motifs is 1. The predicted octanol–water partition coefficient (Wildman–Crippen LogP) is 3.96. The van der Waals surface area contributed by atoms with Crippen molar-refractivity contribution in [3.8, 4) is 5.88 Å². The van der Waals surface area contributed by atoms with Crippen LogP contribution in [0.15, 0.2) is 30.7 Å². The summed E-state index contributed by atoms with van der Waals surface area (Å²) in [5.74, 6) is -0.996. The van der Waals surface area contributed by atoms with Crippen molar-refractivity contribution in [1.82, 2.24) is 24.9 Å². The smallest absolute Gasteiger partial charge is 0.407 e. The summed E-state index contributed by atoms with van der Waals surface area (Å²) in [7, 11) is 0. The van der Waals surface area contributed by atoms with E-state index in [2.05, 4.69) is 25.7 Å². The van der Waals surface area contributed by atoms with Crippen molar-refractivity contribution in [3.05, 3.63) is 47.7 Å². The number of halogens is 1. The monoisotopic (exact) mass is 500 g/mol. The Morgan fingerprint density at radius 1 is 1.28 bits per heavy atom. The highest BCUT2D eigenvalue weighted by atomic mass is 19.1. The third-order valence-corrected chi connectivity index (χ3v) is 5.66. The number of anilines is 1. The minimum Gasteiger partial charge on any atom is -0.477 e. The number of pyridine rings is 1. The number of ether oxygens (including phenoxy) is 2. The third-order valence-electron chi connectivity index (χ3n) is 5.66. The molecule has 1 aliphatic carbocycles. The molecule has 12 heteroatoms. The first-order valence-electron chi connectivity index (χ1n) is 11.6. The molecule has 192 valence electrons. The molecule has 0 bridgehead atoms. The molecule has 0 radical (unpaired) electrons. The van der Waals surface area contributed by atoms with Gasteiger partial charge in [-0.15, -0.1) is 0 Å². The Morgan fingerprint density at radius 3 is 2.78 bits per heavy atom. The number of carboxylic acids is 1. The van der Waals surface area contributed by atoms with E-state index in [1.54, 1.807) is 40.0 Å². The van der Waals surface area contributed by atoms with E-state index in [1.165, 1.54) is 16.8 Å². The minimum absolute atomic E-state index is 0.0291. The number of amides is 1. The zero-order valence-corrected chi connectivity index (χ0v) is 20.5. The molecule has 0 aromatic carbocycles. The molecule has 0 aliphatic heterocycles. The lowest BCUT2D eigenvalue weighted by molar-refractivity contribution is 0.0502. The van der Waals surface area contributed by atoms with Gasteiger partial charge in [0.2, 0.25) is 5.88 Å². The van der Waals surface area contributed by atoms with Crippen LogP contribution in [-0.4, -0.2) is 54.5 Å². The van der Waals surface area contributed by atoms with Gasteiger partial charge in [-0.2, -0.15) is 5.10 Å². The van der Waals surface area contributed by atoms with Crippen molar-refractivity contribution in [3.63, 3.8) is 0 Å². The van der Waals surface area contributed by atoms with E-state index in [0.717, 1.165) is 12.6 Å². The van der Waals surface area contributed by atoms with Gasteiger partial charge in [-0.05, 0) is 52.7 Å². The van der Waals surface area contributed by atoms with Crippen LogP contribution in [0.2, 0.25) is 0 Å². The molecule has 1 saturated carbocycles. The van der Waals surface area contributed by atoms with Crippen LogP contribution in [0.1, 0.15) is 68.9 Å². The molecular weight excluding hydrogens is 471 g/mol. The van der Waals surface area contributed by atoms with Gasteiger partial charge in [0, 0.05) is 24.2 Å². The molecule has 3 heterocycles.